The molecular weight excluding hydrogens is 330 g/mol. The van der Waals surface area contributed by atoms with Gasteiger partial charge in [-0.1, -0.05) is 13.0 Å². The van der Waals surface area contributed by atoms with Gasteiger partial charge in [0, 0.05) is 40.9 Å². The second-order valence-electron chi connectivity index (χ2n) is 6.48. The maximum atomic E-state index is 11.9. The van der Waals surface area contributed by atoms with Gasteiger partial charge in [0.15, 0.2) is 6.73 Å². The highest BCUT2D eigenvalue weighted by atomic mass is 16.5. The molecule has 26 heavy (non-hydrogen) atoms. The van der Waals surface area contributed by atoms with E-state index in [1.165, 1.54) is 0 Å². The van der Waals surface area contributed by atoms with Crippen LogP contribution < -0.4 is 20.0 Å². The SMILES string of the molecule is CCc1cc(=O)oc2c(C)c3c(cc12)CN(c1cccc(OC)c1)CO3. The third-order valence-corrected chi connectivity index (χ3v) is 4.90. The molecule has 0 fully saturated rings. The minimum Gasteiger partial charge on any atom is -0.497 e. The summed E-state index contributed by atoms with van der Waals surface area (Å²) in [7, 11) is 1.66. The zero-order chi connectivity index (χ0) is 18.3. The monoisotopic (exact) mass is 351 g/mol. The molecule has 0 bridgehead atoms. The number of aryl methyl sites for hydroxylation is 2. The highest BCUT2D eigenvalue weighted by Gasteiger charge is 2.23. The van der Waals surface area contributed by atoms with Crippen LogP contribution in [-0.2, 0) is 13.0 Å². The summed E-state index contributed by atoms with van der Waals surface area (Å²) in [4.78, 5) is 14.0. The molecule has 0 N–H and O–H groups in total. The minimum atomic E-state index is -0.314. The number of methoxy groups -OCH3 is 1. The Labute approximate surface area is 151 Å². The molecule has 0 spiro atoms. The Morgan fingerprint density at radius 1 is 1.23 bits per heavy atom. The van der Waals surface area contributed by atoms with Crippen molar-refractivity contribution in [3.05, 3.63) is 63.5 Å². The van der Waals surface area contributed by atoms with Gasteiger partial charge in [-0.05, 0) is 37.1 Å². The molecule has 5 nitrogen and oxygen atoms in total. The minimum absolute atomic E-state index is 0.314. The van der Waals surface area contributed by atoms with Crippen molar-refractivity contribution in [2.24, 2.45) is 0 Å². The zero-order valence-corrected chi connectivity index (χ0v) is 15.2. The van der Waals surface area contributed by atoms with E-state index in [0.717, 1.165) is 52.2 Å². The third-order valence-electron chi connectivity index (χ3n) is 4.90. The number of rotatable bonds is 3. The van der Waals surface area contributed by atoms with Crippen LogP contribution in [0, 0.1) is 6.92 Å². The van der Waals surface area contributed by atoms with Gasteiger partial charge in [-0.15, -0.1) is 0 Å². The van der Waals surface area contributed by atoms with Crippen LogP contribution in [0.2, 0.25) is 0 Å². The first-order valence-electron chi connectivity index (χ1n) is 8.71. The summed E-state index contributed by atoms with van der Waals surface area (Å²) in [5, 5.41) is 0.986. The number of hydrogen-bond acceptors (Lipinski definition) is 5. The van der Waals surface area contributed by atoms with E-state index in [1.807, 2.05) is 38.1 Å². The fraction of sp³-hybridized carbons (Fsp3) is 0.286. The second kappa shape index (κ2) is 6.41. The lowest BCUT2D eigenvalue weighted by molar-refractivity contribution is 0.287. The molecule has 0 radical (unpaired) electrons. The van der Waals surface area contributed by atoms with E-state index in [4.69, 9.17) is 13.9 Å². The van der Waals surface area contributed by atoms with Crippen LogP contribution in [0.3, 0.4) is 0 Å². The second-order valence-corrected chi connectivity index (χ2v) is 6.48. The van der Waals surface area contributed by atoms with E-state index in [9.17, 15) is 4.79 Å². The Balaban J connectivity index is 1.80. The summed E-state index contributed by atoms with van der Waals surface area (Å²) >= 11 is 0. The van der Waals surface area contributed by atoms with Gasteiger partial charge in [0.2, 0.25) is 0 Å². The molecular formula is C21H21NO4. The summed E-state index contributed by atoms with van der Waals surface area (Å²) in [6.45, 7) is 5.15. The molecule has 0 atom stereocenters. The van der Waals surface area contributed by atoms with Crippen molar-refractivity contribution < 1.29 is 13.9 Å². The Morgan fingerprint density at radius 3 is 2.85 bits per heavy atom. The third kappa shape index (κ3) is 2.69. The zero-order valence-electron chi connectivity index (χ0n) is 15.2. The molecule has 2 heterocycles. The molecule has 134 valence electrons. The van der Waals surface area contributed by atoms with E-state index in [0.29, 0.717) is 12.3 Å². The van der Waals surface area contributed by atoms with Gasteiger partial charge in [0.1, 0.15) is 17.1 Å². The van der Waals surface area contributed by atoms with Gasteiger partial charge in [0.25, 0.3) is 0 Å². The smallest absolute Gasteiger partial charge is 0.336 e. The highest BCUT2D eigenvalue weighted by Crippen LogP contribution is 2.37. The average molecular weight is 351 g/mol. The normalized spacial score (nSPS) is 13.4. The van der Waals surface area contributed by atoms with Crippen molar-refractivity contribution in [3.8, 4) is 11.5 Å². The molecule has 1 aliphatic rings. The lowest BCUT2D eigenvalue weighted by Crippen LogP contribution is -2.32. The standard InChI is InChI=1S/C21H21NO4/c1-4-14-9-19(23)26-21-13(2)20-15(8-18(14)21)11-22(12-25-20)16-6-5-7-17(10-16)24-3/h5-10H,4,11-12H2,1-3H3. The fourth-order valence-corrected chi connectivity index (χ4v) is 3.55. The van der Waals surface area contributed by atoms with Crippen molar-refractivity contribution in [3.63, 3.8) is 0 Å². The van der Waals surface area contributed by atoms with Crippen molar-refractivity contribution in [2.75, 3.05) is 18.7 Å². The van der Waals surface area contributed by atoms with Crippen LogP contribution in [-0.4, -0.2) is 13.8 Å². The van der Waals surface area contributed by atoms with E-state index < -0.39 is 0 Å². The molecule has 1 aliphatic heterocycles. The summed E-state index contributed by atoms with van der Waals surface area (Å²) in [6, 6.07) is 11.6. The van der Waals surface area contributed by atoms with Crippen LogP contribution >= 0.6 is 0 Å². The summed E-state index contributed by atoms with van der Waals surface area (Å²) in [5.74, 6) is 1.63. The number of nitrogens with zero attached hydrogens (tertiary/aromatic N) is 1. The summed E-state index contributed by atoms with van der Waals surface area (Å²) in [6.07, 6.45) is 0.779. The number of hydrogen-bond donors (Lipinski definition) is 0. The molecule has 2 aromatic carbocycles. The van der Waals surface area contributed by atoms with Gasteiger partial charge < -0.3 is 18.8 Å². The molecule has 0 saturated heterocycles. The maximum absolute atomic E-state index is 11.9. The van der Waals surface area contributed by atoms with Crippen LogP contribution in [0.1, 0.15) is 23.6 Å². The summed E-state index contributed by atoms with van der Waals surface area (Å²) < 4.78 is 16.8. The Kier molecular flexibility index (Phi) is 4.07. The first-order chi connectivity index (χ1) is 12.6. The van der Waals surface area contributed by atoms with Crippen molar-refractivity contribution >= 4 is 16.7 Å². The summed E-state index contributed by atoms with van der Waals surface area (Å²) in [5.41, 5.74) is 4.33. The largest absolute Gasteiger partial charge is 0.497 e. The quantitative estimate of drug-likeness (QED) is 0.667. The van der Waals surface area contributed by atoms with Crippen molar-refractivity contribution in [1.82, 2.24) is 0 Å². The van der Waals surface area contributed by atoms with Gasteiger partial charge >= 0.3 is 5.63 Å². The Morgan fingerprint density at radius 2 is 2.08 bits per heavy atom. The fourth-order valence-electron chi connectivity index (χ4n) is 3.55. The van der Waals surface area contributed by atoms with Gasteiger partial charge in [-0.2, -0.15) is 0 Å². The number of benzene rings is 2. The number of fused-ring (bicyclic) bond motifs is 2. The first kappa shape index (κ1) is 16.5. The predicted octanol–water partition coefficient (Wildman–Crippen LogP) is 4.03. The average Bonchev–Trinajstić information content (AvgIpc) is 2.68. The molecule has 1 aromatic heterocycles. The molecule has 4 rings (SSSR count). The van der Waals surface area contributed by atoms with E-state index in [-0.39, 0.29) is 5.63 Å². The van der Waals surface area contributed by atoms with Crippen LogP contribution in [0.15, 0.2) is 45.6 Å². The highest BCUT2D eigenvalue weighted by molar-refractivity contribution is 5.86. The van der Waals surface area contributed by atoms with E-state index >= 15 is 0 Å². The van der Waals surface area contributed by atoms with Crippen molar-refractivity contribution in [1.29, 1.82) is 0 Å². The number of ether oxygens (including phenoxy) is 2. The molecule has 0 aliphatic carbocycles. The molecule has 0 saturated carbocycles. The van der Waals surface area contributed by atoms with Crippen LogP contribution in [0.5, 0.6) is 11.5 Å². The topological polar surface area (TPSA) is 51.9 Å². The van der Waals surface area contributed by atoms with Gasteiger partial charge in [0.05, 0.1) is 7.11 Å². The number of anilines is 1. The molecule has 0 unspecified atom stereocenters. The molecule has 5 heteroatoms. The van der Waals surface area contributed by atoms with E-state index in [1.54, 1.807) is 13.2 Å². The first-order valence-corrected chi connectivity index (χ1v) is 8.71. The lowest BCUT2D eigenvalue weighted by Gasteiger charge is -2.32. The lowest BCUT2D eigenvalue weighted by atomic mass is 9.99. The van der Waals surface area contributed by atoms with E-state index in [2.05, 4.69) is 11.0 Å². The van der Waals surface area contributed by atoms with Crippen LogP contribution in [0.25, 0.3) is 11.0 Å². The maximum Gasteiger partial charge on any atom is 0.336 e. The Bertz CT molecular complexity index is 1040. The van der Waals surface area contributed by atoms with Crippen molar-refractivity contribution in [2.45, 2.75) is 26.8 Å². The predicted molar refractivity (Wildman–Crippen MR) is 101 cm³/mol. The molecule has 3 aromatic rings. The van der Waals surface area contributed by atoms with Gasteiger partial charge in [-0.3, -0.25) is 0 Å². The van der Waals surface area contributed by atoms with Crippen LogP contribution in [0.4, 0.5) is 5.69 Å². The molecule has 0 amide bonds. The van der Waals surface area contributed by atoms with Gasteiger partial charge in [-0.25, -0.2) is 4.79 Å². The Hall–Kier alpha value is -2.95.